The van der Waals surface area contributed by atoms with Crippen LogP contribution in [0.2, 0.25) is 5.02 Å². The molecule has 92 valence electrons. The van der Waals surface area contributed by atoms with E-state index in [0.29, 0.717) is 21.6 Å². The highest BCUT2D eigenvalue weighted by Crippen LogP contribution is 2.20. The number of nitrogens with zero attached hydrogens (tertiary/aromatic N) is 1. The summed E-state index contributed by atoms with van der Waals surface area (Å²) in [7, 11) is 0. The van der Waals surface area contributed by atoms with E-state index in [1.54, 1.807) is 19.1 Å². The Hall–Kier alpha value is -1.07. The zero-order valence-corrected chi connectivity index (χ0v) is 11.5. The number of carbonyl (C=O) groups excluding carboxylic acids is 1. The Kier molecular flexibility index (Phi) is 4.96. The highest BCUT2D eigenvalue weighted by atomic mass is 79.9. The number of halogens is 2. The van der Waals surface area contributed by atoms with Gasteiger partial charge in [0.15, 0.2) is 0 Å². The molecule has 1 rings (SSSR count). The van der Waals surface area contributed by atoms with Crippen molar-refractivity contribution in [3.8, 4) is 0 Å². The molecule has 6 heteroatoms. The monoisotopic (exact) mass is 319 g/mol. The van der Waals surface area contributed by atoms with Gasteiger partial charge in [-0.15, -0.1) is 0 Å². The molecule has 0 aliphatic carbocycles. The van der Waals surface area contributed by atoms with E-state index < -0.39 is 5.97 Å². The fourth-order valence-corrected chi connectivity index (χ4v) is 2.21. The highest BCUT2D eigenvalue weighted by Gasteiger charge is 2.17. The normalized spacial score (nSPS) is 10.1. The first-order valence-electron chi connectivity index (χ1n) is 4.91. The molecule has 0 spiro atoms. The topological polar surface area (TPSA) is 57.6 Å². The lowest BCUT2D eigenvalue weighted by molar-refractivity contribution is -0.137. The maximum absolute atomic E-state index is 12.0. The second kappa shape index (κ2) is 6.02. The Morgan fingerprint density at radius 3 is 2.53 bits per heavy atom. The van der Waals surface area contributed by atoms with Crippen molar-refractivity contribution in [3.05, 3.63) is 33.3 Å². The molecule has 4 nitrogen and oxygen atoms in total. The second-order valence-corrected chi connectivity index (χ2v) is 4.72. The predicted molar refractivity (Wildman–Crippen MR) is 68.4 cm³/mol. The van der Waals surface area contributed by atoms with Gasteiger partial charge in [0, 0.05) is 21.6 Å². The minimum Gasteiger partial charge on any atom is -0.480 e. The summed E-state index contributed by atoms with van der Waals surface area (Å²) in [6.45, 7) is 1.73. The van der Waals surface area contributed by atoms with Gasteiger partial charge >= 0.3 is 5.97 Å². The van der Waals surface area contributed by atoms with E-state index in [2.05, 4.69) is 15.9 Å². The number of amides is 1. The minimum atomic E-state index is -1.04. The van der Waals surface area contributed by atoms with Gasteiger partial charge in [-0.25, -0.2) is 0 Å². The molecule has 0 heterocycles. The highest BCUT2D eigenvalue weighted by molar-refractivity contribution is 9.10. The number of carboxylic acids is 1. The number of carboxylic acid groups (broad SMARTS) is 1. The van der Waals surface area contributed by atoms with Crippen molar-refractivity contribution in [2.75, 3.05) is 13.1 Å². The molecule has 1 aromatic rings. The Morgan fingerprint density at radius 2 is 2.06 bits per heavy atom. The number of hydrogen-bond acceptors (Lipinski definition) is 2. The Morgan fingerprint density at radius 1 is 1.41 bits per heavy atom. The fraction of sp³-hybridized carbons (Fsp3) is 0.273. The number of benzene rings is 1. The van der Waals surface area contributed by atoms with Gasteiger partial charge in [0.1, 0.15) is 6.54 Å². The van der Waals surface area contributed by atoms with Crippen LogP contribution in [-0.2, 0) is 4.79 Å². The van der Waals surface area contributed by atoms with Gasteiger partial charge in [-0.3, -0.25) is 9.59 Å². The fourth-order valence-electron chi connectivity index (χ4n) is 1.35. The van der Waals surface area contributed by atoms with E-state index in [-0.39, 0.29) is 12.5 Å². The zero-order chi connectivity index (χ0) is 13.0. The van der Waals surface area contributed by atoms with Gasteiger partial charge in [0.05, 0.1) is 0 Å². The zero-order valence-electron chi connectivity index (χ0n) is 9.11. The predicted octanol–water partition coefficient (Wildman–Crippen LogP) is 2.65. The molecule has 0 aromatic heterocycles. The summed E-state index contributed by atoms with van der Waals surface area (Å²) in [5, 5.41) is 9.12. The van der Waals surface area contributed by atoms with Gasteiger partial charge in [-0.05, 0) is 25.1 Å². The number of carbonyl (C=O) groups is 2. The molecule has 1 N–H and O–H groups in total. The summed E-state index contributed by atoms with van der Waals surface area (Å²) in [6.07, 6.45) is 0. The van der Waals surface area contributed by atoms with Gasteiger partial charge in [-0.2, -0.15) is 0 Å². The quantitative estimate of drug-likeness (QED) is 0.928. The third-order valence-corrected chi connectivity index (χ3v) is 2.78. The smallest absolute Gasteiger partial charge is 0.323 e. The van der Waals surface area contributed by atoms with Crippen LogP contribution in [0.15, 0.2) is 22.7 Å². The molecule has 17 heavy (non-hydrogen) atoms. The van der Waals surface area contributed by atoms with Crippen molar-refractivity contribution in [2.24, 2.45) is 0 Å². The van der Waals surface area contributed by atoms with Crippen LogP contribution in [0.5, 0.6) is 0 Å². The Bertz CT molecular complexity index is 430. The molecule has 0 radical (unpaired) electrons. The molecule has 0 saturated heterocycles. The average molecular weight is 321 g/mol. The summed E-state index contributed by atoms with van der Waals surface area (Å²) in [5.74, 6) is -1.39. The standard InChI is InChI=1S/C11H11BrClNO3/c1-2-14(6-10(15)16)11(17)7-3-8(12)5-9(13)4-7/h3-5H,2,6H2,1H3,(H,15,16). The molecule has 1 aromatic carbocycles. The molecule has 1 amide bonds. The number of hydrogen-bond donors (Lipinski definition) is 1. The molecule has 0 fully saturated rings. The molecule has 0 saturated carbocycles. The third kappa shape index (κ3) is 4.02. The van der Waals surface area contributed by atoms with Crippen LogP contribution in [0.25, 0.3) is 0 Å². The van der Waals surface area contributed by atoms with Crippen molar-refractivity contribution in [1.29, 1.82) is 0 Å². The Balaban J connectivity index is 2.97. The number of aliphatic carboxylic acids is 1. The van der Waals surface area contributed by atoms with E-state index in [1.807, 2.05) is 0 Å². The molecular weight excluding hydrogens is 309 g/mol. The number of likely N-dealkylation sites (N-methyl/N-ethyl adjacent to an activating group) is 1. The van der Waals surface area contributed by atoms with E-state index >= 15 is 0 Å². The van der Waals surface area contributed by atoms with Gasteiger partial charge in [-0.1, -0.05) is 27.5 Å². The molecule has 0 aliphatic heterocycles. The molecule has 0 unspecified atom stereocenters. The van der Waals surface area contributed by atoms with Gasteiger partial charge < -0.3 is 10.0 Å². The van der Waals surface area contributed by atoms with Crippen LogP contribution >= 0.6 is 27.5 Å². The van der Waals surface area contributed by atoms with Crippen LogP contribution < -0.4 is 0 Å². The van der Waals surface area contributed by atoms with Gasteiger partial charge in [0.2, 0.25) is 0 Å². The SMILES string of the molecule is CCN(CC(=O)O)C(=O)c1cc(Cl)cc(Br)c1. The first-order valence-corrected chi connectivity index (χ1v) is 6.08. The summed E-state index contributed by atoms with van der Waals surface area (Å²) >= 11 is 9.06. The third-order valence-electron chi connectivity index (χ3n) is 2.10. The first-order chi connectivity index (χ1) is 7.93. The van der Waals surface area contributed by atoms with Crippen LogP contribution in [-0.4, -0.2) is 35.0 Å². The van der Waals surface area contributed by atoms with Crippen molar-refractivity contribution in [3.63, 3.8) is 0 Å². The number of rotatable bonds is 4. The molecule has 0 aliphatic rings. The summed E-state index contributed by atoms with van der Waals surface area (Å²) in [6, 6.07) is 4.78. The average Bonchev–Trinajstić information content (AvgIpc) is 2.23. The van der Waals surface area contributed by atoms with Crippen molar-refractivity contribution in [1.82, 2.24) is 4.90 Å². The van der Waals surface area contributed by atoms with Crippen LogP contribution in [0.3, 0.4) is 0 Å². The minimum absolute atomic E-state index is 0.320. The summed E-state index contributed by atoms with van der Waals surface area (Å²) in [5.41, 5.74) is 0.368. The van der Waals surface area contributed by atoms with Crippen LogP contribution in [0.4, 0.5) is 0 Å². The van der Waals surface area contributed by atoms with E-state index in [4.69, 9.17) is 16.7 Å². The largest absolute Gasteiger partial charge is 0.480 e. The van der Waals surface area contributed by atoms with E-state index in [9.17, 15) is 9.59 Å². The maximum Gasteiger partial charge on any atom is 0.323 e. The van der Waals surface area contributed by atoms with Gasteiger partial charge in [0.25, 0.3) is 5.91 Å². The lowest BCUT2D eigenvalue weighted by atomic mass is 10.2. The molecular formula is C11H11BrClNO3. The summed E-state index contributed by atoms with van der Waals surface area (Å²) in [4.78, 5) is 23.8. The van der Waals surface area contributed by atoms with E-state index in [0.717, 1.165) is 0 Å². The van der Waals surface area contributed by atoms with Crippen molar-refractivity contribution in [2.45, 2.75) is 6.92 Å². The van der Waals surface area contributed by atoms with Crippen molar-refractivity contribution >= 4 is 39.4 Å². The lowest BCUT2D eigenvalue weighted by Gasteiger charge is -2.18. The summed E-state index contributed by atoms with van der Waals surface area (Å²) < 4.78 is 0.680. The van der Waals surface area contributed by atoms with Crippen molar-refractivity contribution < 1.29 is 14.7 Å². The lowest BCUT2D eigenvalue weighted by Crippen LogP contribution is -2.35. The second-order valence-electron chi connectivity index (χ2n) is 3.37. The molecule has 0 bridgehead atoms. The van der Waals surface area contributed by atoms with E-state index in [1.165, 1.54) is 11.0 Å². The van der Waals surface area contributed by atoms with Crippen LogP contribution in [0, 0.1) is 0 Å². The van der Waals surface area contributed by atoms with Crippen LogP contribution in [0.1, 0.15) is 17.3 Å². The first kappa shape index (κ1) is 14.0. The molecule has 0 atom stereocenters. The maximum atomic E-state index is 12.0. The Labute approximate surface area is 112 Å².